The van der Waals surface area contributed by atoms with E-state index in [0.29, 0.717) is 12.4 Å². The van der Waals surface area contributed by atoms with Gasteiger partial charge in [-0.15, -0.1) is 10.2 Å². The Morgan fingerprint density at radius 2 is 2.10 bits per heavy atom. The summed E-state index contributed by atoms with van der Waals surface area (Å²) in [7, 11) is 0. The smallest absolute Gasteiger partial charge is 0.231 e. The number of aryl methyl sites for hydroxylation is 1. The fourth-order valence-corrected chi connectivity index (χ4v) is 4.43. The molecule has 3 aromatic rings. The van der Waals surface area contributed by atoms with Crippen LogP contribution in [-0.2, 0) is 11.3 Å². The molecule has 1 aliphatic heterocycles. The highest BCUT2D eigenvalue weighted by molar-refractivity contribution is 8.01. The second-order valence-electron chi connectivity index (χ2n) is 6.54. The third-order valence-electron chi connectivity index (χ3n) is 4.09. The lowest BCUT2D eigenvalue weighted by molar-refractivity contribution is 0.0397. The molecule has 0 amide bonds. The van der Waals surface area contributed by atoms with Gasteiger partial charge in [-0.25, -0.2) is 0 Å². The number of thioether (sulfide) groups is 1. The van der Waals surface area contributed by atoms with E-state index in [9.17, 15) is 5.11 Å². The van der Waals surface area contributed by atoms with Gasteiger partial charge >= 0.3 is 0 Å². The van der Waals surface area contributed by atoms with Crippen LogP contribution in [0.3, 0.4) is 0 Å². The van der Waals surface area contributed by atoms with E-state index in [0.717, 1.165) is 32.2 Å². The van der Waals surface area contributed by atoms with Crippen molar-refractivity contribution in [2.75, 3.05) is 24.5 Å². The van der Waals surface area contributed by atoms with Crippen LogP contribution < -0.4 is 14.8 Å². The largest absolute Gasteiger partial charge is 0.454 e. The van der Waals surface area contributed by atoms with Crippen molar-refractivity contribution in [1.29, 1.82) is 0 Å². The number of aliphatic hydroxyl groups excluding tert-OH is 1. The van der Waals surface area contributed by atoms with E-state index in [-0.39, 0.29) is 13.4 Å². The number of aliphatic hydroxyl groups is 1. The second-order valence-corrected chi connectivity index (χ2v) is 8.78. The highest BCUT2D eigenvalue weighted by Crippen LogP contribution is 2.32. The van der Waals surface area contributed by atoms with E-state index in [2.05, 4.69) is 21.6 Å². The average molecular weight is 432 g/mol. The number of anilines is 2. The molecule has 0 saturated carbocycles. The quantitative estimate of drug-likeness (QED) is 0.492. The van der Waals surface area contributed by atoms with Crippen LogP contribution in [0.4, 0.5) is 10.8 Å². The number of rotatable bonds is 9. The number of ether oxygens (including phenoxy) is 3. The molecule has 0 radical (unpaired) electrons. The lowest BCUT2D eigenvalue weighted by Crippen LogP contribution is -2.17. The molecule has 29 heavy (non-hydrogen) atoms. The van der Waals surface area contributed by atoms with Gasteiger partial charge in [0.2, 0.25) is 11.9 Å². The summed E-state index contributed by atoms with van der Waals surface area (Å²) in [6.07, 6.45) is -0.592. The van der Waals surface area contributed by atoms with Gasteiger partial charge in [0.25, 0.3) is 0 Å². The molecule has 1 atom stereocenters. The molecular weight excluding hydrogens is 410 g/mol. The lowest BCUT2D eigenvalue weighted by atomic mass is 10.2. The molecule has 2 aromatic carbocycles. The van der Waals surface area contributed by atoms with Crippen LogP contribution in [0.15, 0.2) is 46.8 Å². The highest BCUT2D eigenvalue weighted by atomic mass is 32.2. The van der Waals surface area contributed by atoms with E-state index in [1.807, 2.05) is 43.3 Å². The van der Waals surface area contributed by atoms with E-state index in [1.165, 1.54) is 28.7 Å². The number of nitrogens with one attached hydrogen (secondary N) is 1. The van der Waals surface area contributed by atoms with Gasteiger partial charge in [-0.3, -0.25) is 0 Å². The zero-order chi connectivity index (χ0) is 20.1. The minimum absolute atomic E-state index is 0.245. The van der Waals surface area contributed by atoms with Crippen molar-refractivity contribution in [1.82, 2.24) is 10.2 Å². The van der Waals surface area contributed by atoms with Crippen LogP contribution in [-0.4, -0.2) is 40.6 Å². The van der Waals surface area contributed by atoms with Gasteiger partial charge in [0.1, 0.15) is 0 Å². The summed E-state index contributed by atoms with van der Waals surface area (Å²) < 4.78 is 17.1. The SMILES string of the molecule is Cc1cccc(Nc2nnc(SC[C@H](O)COCc3ccc4c(c3)OCO4)s2)c1. The Labute approximate surface area is 177 Å². The number of nitrogens with zero attached hydrogens (tertiary/aromatic N) is 2. The molecule has 1 aromatic heterocycles. The number of fused-ring (bicyclic) bond motifs is 1. The van der Waals surface area contributed by atoms with Crippen LogP contribution in [0.2, 0.25) is 0 Å². The summed E-state index contributed by atoms with van der Waals surface area (Å²) in [6, 6.07) is 13.8. The molecule has 2 N–H and O–H groups in total. The topological polar surface area (TPSA) is 85.7 Å². The van der Waals surface area contributed by atoms with Crippen LogP contribution in [0.25, 0.3) is 0 Å². The van der Waals surface area contributed by atoms with Crippen molar-refractivity contribution in [2.24, 2.45) is 0 Å². The average Bonchev–Trinajstić information content (AvgIpc) is 3.35. The minimum Gasteiger partial charge on any atom is -0.454 e. The minimum atomic E-state index is -0.592. The third kappa shape index (κ3) is 5.60. The molecule has 2 heterocycles. The summed E-state index contributed by atoms with van der Waals surface area (Å²) in [5, 5.41) is 22.5. The number of benzene rings is 2. The first kappa shape index (κ1) is 20.0. The van der Waals surface area contributed by atoms with Crippen LogP contribution in [0.1, 0.15) is 11.1 Å². The Kier molecular flexibility index (Phi) is 6.50. The van der Waals surface area contributed by atoms with Gasteiger partial charge in [-0.05, 0) is 42.3 Å². The van der Waals surface area contributed by atoms with E-state index in [1.54, 1.807) is 0 Å². The maximum Gasteiger partial charge on any atom is 0.231 e. The Morgan fingerprint density at radius 3 is 3.00 bits per heavy atom. The Balaban J connectivity index is 1.19. The third-order valence-corrected chi connectivity index (χ3v) is 6.21. The first-order valence-electron chi connectivity index (χ1n) is 9.10. The highest BCUT2D eigenvalue weighted by Gasteiger charge is 2.14. The summed E-state index contributed by atoms with van der Waals surface area (Å²) in [5.74, 6) is 1.97. The second kappa shape index (κ2) is 9.45. The molecule has 0 spiro atoms. The lowest BCUT2D eigenvalue weighted by Gasteiger charge is -2.10. The Hall–Kier alpha value is -2.33. The molecule has 4 rings (SSSR count). The van der Waals surface area contributed by atoms with Crippen LogP contribution >= 0.6 is 23.1 Å². The van der Waals surface area contributed by atoms with Gasteiger partial charge in [-0.1, -0.05) is 41.3 Å². The van der Waals surface area contributed by atoms with Crippen molar-refractivity contribution >= 4 is 33.9 Å². The molecule has 0 fully saturated rings. The zero-order valence-electron chi connectivity index (χ0n) is 15.8. The molecule has 7 nitrogen and oxygen atoms in total. The van der Waals surface area contributed by atoms with Gasteiger partial charge in [0, 0.05) is 11.4 Å². The molecule has 0 bridgehead atoms. The maximum atomic E-state index is 10.2. The van der Waals surface area contributed by atoms with Gasteiger partial charge < -0.3 is 24.6 Å². The molecule has 0 aliphatic carbocycles. The van der Waals surface area contributed by atoms with Crippen molar-refractivity contribution < 1.29 is 19.3 Å². The fourth-order valence-electron chi connectivity index (χ4n) is 2.72. The van der Waals surface area contributed by atoms with Crippen molar-refractivity contribution in [3.05, 3.63) is 53.6 Å². The Morgan fingerprint density at radius 1 is 1.21 bits per heavy atom. The summed E-state index contributed by atoms with van der Waals surface area (Å²) in [5.41, 5.74) is 3.14. The molecule has 0 unspecified atom stereocenters. The fraction of sp³-hybridized carbons (Fsp3) is 0.300. The monoisotopic (exact) mass is 431 g/mol. The summed E-state index contributed by atoms with van der Waals surface area (Å²) >= 11 is 2.92. The number of aromatic nitrogens is 2. The zero-order valence-corrected chi connectivity index (χ0v) is 17.5. The molecule has 152 valence electrons. The first-order valence-corrected chi connectivity index (χ1v) is 10.9. The van der Waals surface area contributed by atoms with Crippen molar-refractivity contribution in [2.45, 2.75) is 24.0 Å². The molecular formula is C20H21N3O4S2. The molecule has 1 aliphatic rings. The van der Waals surface area contributed by atoms with Gasteiger partial charge in [-0.2, -0.15) is 0 Å². The van der Waals surface area contributed by atoms with Gasteiger partial charge in [0.05, 0.1) is 19.3 Å². The number of hydrogen-bond donors (Lipinski definition) is 2. The van der Waals surface area contributed by atoms with Crippen molar-refractivity contribution in [3.8, 4) is 11.5 Å². The van der Waals surface area contributed by atoms with Crippen molar-refractivity contribution in [3.63, 3.8) is 0 Å². The van der Waals surface area contributed by atoms with Crippen LogP contribution in [0.5, 0.6) is 11.5 Å². The van der Waals surface area contributed by atoms with E-state index in [4.69, 9.17) is 14.2 Å². The first-order chi connectivity index (χ1) is 14.2. The normalized spacial score (nSPS) is 13.4. The predicted octanol–water partition coefficient (Wildman–Crippen LogP) is 3.99. The van der Waals surface area contributed by atoms with E-state index >= 15 is 0 Å². The van der Waals surface area contributed by atoms with E-state index < -0.39 is 6.10 Å². The maximum absolute atomic E-state index is 10.2. The van der Waals surface area contributed by atoms with Crippen LogP contribution in [0, 0.1) is 6.92 Å². The standard InChI is InChI=1S/C20H21N3O4S2/c1-13-3-2-4-15(7-13)21-19-22-23-20(29-19)28-11-16(24)10-25-9-14-5-6-17-18(8-14)27-12-26-17/h2-8,16,24H,9-12H2,1H3,(H,21,22)/t16-/m1/s1. The summed E-state index contributed by atoms with van der Waals surface area (Å²) in [4.78, 5) is 0. The summed E-state index contributed by atoms with van der Waals surface area (Å²) in [6.45, 7) is 2.95. The van der Waals surface area contributed by atoms with Gasteiger partial charge in [0.15, 0.2) is 15.8 Å². The molecule has 9 heteroatoms. The Bertz CT molecular complexity index is 966. The predicted molar refractivity (Wildman–Crippen MR) is 113 cm³/mol. The molecule has 0 saturated heterocycles. The number of hydrogen-bond acceptors (Lipinski definition) is 9.